The van der Waals surface area contributed by atoms with Gasteiger partial charge in [-0.05, 0) is 27.7 Å². The van der Waals surface area contributed by atoms with Crippen LogP contribution in [-0.4, -0.2) is 23.8 Å². The van der Waals surface area contributed by atoms with E-state index in [1.165, 1.54) is 0 Å². The molecule has 0 saturated carbocycles. The Morgan fingerprint density at radius 3 is 2.09 bits per heavy atom. The molecular weight excluding hydrogens is 276 g/mol. The molecule has 1 aliphatic rings. The molecule has 6 heteroatoms. The zero-order valence-corrected chi connectivity index (χ0v) is 13.8. The van der Waals surface area contributed by atoms with Crippen molar-refractivity contribution in [3.05, 3.63) is 11.3 Å². The number of hydrazone groups is 1. The van der Waals surface area contributed by atoms with Crippen LogP contribution in [0.25, 0.3) is 0 Å². The van der Waals surface area contributed by atoms with Crippen molar-refractivity contribution < 1.29 is 0 Å². The van der Waals surface area contributed by atoms with E-state index in [9.17, 15) is 15.8 Å². The van der Waals surface area contributed by atoms with Crippen LogP contribution < -0.4 is 5.73 Å². The van der Waals surface area contributed by atoms with Gasteiger partial charge in [0.15, 0.2) is 5.41 Å². The van der Waals surface area contributed by atoms with Crippen molar-refractivity contribution in [2.75, 3.05) is 13.1 Å². The number of nitrogens with two attached hydrogens (primary N) is 1. The van der Waals surface area contributed by atoms with Gasteiger partial charge in [0, 0.05) is 30.4 Å². The maximum Gasteiger partial charge on any atom is 0.183 e. The number of hydrogen-bond donors (Lipinski definition) is 1. The van der Waals surface area contributed by atoms with Gasteiger partial charge >= 0.3 is 0 Å². The predicted molar refractivity (Wildman–Crippen MR) is 83.8 cm³/mol. The smallest absolute Gasteiger partial charge is 0.183 e. The maximum absolute atomic E-state index is 9.53. The van der Waals surface area contributed by atoms with E-state index < -0.39 is 16.7 Å². The van der Waals surface area contributed by atoms with Gasteiger partial charge < -0.3 is 5.73 Å². The number of allylic oxidation sites excluding steroid dienone is 2. The second-order valence-corrected chi connectivity index (χ2v) is 5.68. The van der Waals surface area contributed by atoms with E-state index in [1.807, 2.05) is 50.9 Å². The summed E-state index contributed by atoms with van der Waals surface area (Å²) in [6.45, 7) is 10.9. The second kappa shape index (κ2) is 6.08. The highest BCUT2D eigenvalue weighted by Gasteiger charge is 2.60. The second-order valence-electron chi connectivity index (χ2n) is 5.68. The van der Waals surface area contributed by atoms with E-state index in [0.29, 0.717) is 5.71 Å². The molecule has 2 atom stereocenters. The summed E-state index contributed by atoms with van der Waals surface area (Å²) in [4.78, 5) is 0. The molecule has 0 fully saturated rings. The lowest BCUT2D eigenvalue weighted by molar-refractivity contribution is 0.280. The molecule has 0 heterocycles. The molecule has 2 unspecified atom stereocenters. The lowest BCUT2D eigenvalue weighted by Crippen LogP contribution is -2.40. The molecule has 116 valence electrons. The largest absolute Gasteiger partial charge is 0.400 e. The maximum atomic E-state index is 9.53. The fourth-order valence-electron chi connectivity index (χ4n) is 3.02. The predicted octanol–water partition coefficient (Wildman–Crippen LogP) is 2.13. The lowest BCUT2D eigenvalue weighted by atomic mass is 9.67. The van der Waals surface area contributed by atoms with Crippen LogP contribution in [0.15, 0.2) is 16.4 Å². The molecule has 22 heavy (non-hydrogen) atoms. The molecular formula is C16H22N6. The number of nitriles is 3. The molecule has 0 spiro atoms. The fourth-order valence-corrected chi connectivity index (χ4v) is 3.02. The quantitative estimate of drug-likeness (QED) is 0.631. The summed E-state index contributed by atoms with van der Waals surface area (Å²) in [6.07, 6.45) is 0. The highest BCUT2D eigenvalue weighted by Crippen LogP contribution is 2.55. The number of nitrogens with zero attached hydrogens (tertiary/aromatic N) is 5. The van der Waals surface area contributed by atoms with Crippen molar-refractivity contribution in [1.29, 1.82) is 15.8 Å². The fraction of sp³-hybridized carbons (Fsp3) is 0.625. The monoisotopic (exact) mass is 298 g/mol. The Labute approximate surface area is 132 Å². The van der Waals surface area contributed by atoms with E-state index in [4.69, 9.17) is 5.73 Å². The van der Waals surface area contributed by atoms with Gasteiger partial charge in [0.25, 0.3) is 0 Å². The minimum atomic E-state index is -1.52. The Kier molecular flexibility index (Phi) is 4.84. The summed E-state index contributed by atoms with van der Waals surface area (Å²) >= 11 is 0. The van der Waals surface area contributed by atoms with E-state index in [-0.39, 0.29) is 11.3 Å². The minimum Gasteiger partial charge on any atom is -0.400 e. The number of hydrogen-bond acceptors (Lipinski definition) is 6. The Morgan fingerprint density at radius 2 is 1.77 bits per heavy atom. The first kappa shape index (κ1) is 17.5. The van der Waals surface area contributed by atoms with Crippen LogP contribution in [0.2, 0.25) is 0 Å². The molecule has 1 aliphatic carbocycles. The van der Waals surface area contributed by atoms with E-state index in [1.54, 1.807) is 6.92 Å². The first-order chi connectivity index (χ1) is 10.3. The molecule has 1 rings (SSSR count). The van der Waals surface area contributed by atoms with Crippen molar-refractivity contribution in [3.8, 4) is 18.2 Å². The molecule has 0 aromatic carbocycles. The molecule has 0 saturated heterocycles. The van der Waals surface area contributed by atoms with Crippen LogP contribution in [0.5, 0.6) is 0 Å². The lowest BCUT2D eigenvalue weighted by Gasteiger charge is -2.34. The summed E-state index contributed by atoms with van der Waals surface area (Å²) in [6, 6.07) is 5.99. The normalized spacial score (nSPS) is 27.0. The van der Waals surface area contributed by atoms with Crippen LogP contribution in [-0.2, 0) is 0 Å². The molecule has 0 aliphatic heterocycles. The summed E-state index contributed by atoms with van der Waals surface area (Å²) in [5.74, 6) is -0.455. The molecule has 0 bridgehead atoms. The molecule has 0 aromatic rings. The summed E-state index contributed by atoms with van der Waals surface area (Å²) < 4.78 is 0. The third-order valence-corrected chi connectivity index (χ3v) is 4.98. The van der Waals surface area contributed by atoms with Crippen molar-refractivity contribution in [2.45, 2.75) is 34.6 Å². The van der Waals surface area contributed by atoms with Gasteiger partial charge in [-0.2, -0.15) is 20.9 Å². The molecule has 6 nitrogen and oxygen atoms in total. The van der Waals surface area contributed by atoms with Crippen molar-refractivity contribution >= 4 is 5.71 Å². The molecule has 0 amide bonds. The topological polar surface area (TPSA) is 113 Å². The van der Waals surface area contributed by atoms with E-state index >= 15 is 0 Å². The third-order valence-electron chi connectivity index (χ3n) is 4.98. The van der Waals surface area contributed by atoms with Gasteiger partial charge in [0.1, 0.15) is 0 Å². The Hall–Kier alpha value is -2.52. The number of rotatable bonds is 4. The summed E-state index contributed by atoms with van der Waals surface area (Å²) in [5, 5.41) is 34.9. The average molecular weight is 298 g/mol. The van der Waals surface area contributed by atoms with E-state index in [0.717, 1.165) is 13.1 Å². The van der Waals surface area contributed by atoms with Crippen molar-refractivity contribution in [2.24, 2.45) is 27.6 Å². The van der Waals surface area contributed by atoms with Crippen LogP contribution in [0.4, 0.5) is 0 Å². The van der Waals surface area contributed by atoms with Crippen molar-refractivity contribution in [1.82, 2.24) is 5.01 Å². The standard InChI is InChI=1S/C16H22N6/c1-6-22(7-2)21-12(4)15(5)11(3)16(9-18,10-19)13(8-17)14(15)20/h11H,6-7,20H2,1-5H3. The average Bonchev–Trinajstić information content (AvgIpc) is 2.71. The van der Waals surface area contributed by atoms with Crippen LogP contribution in [0.1, 0.15) is 34.6 Å². The zero-order valence-electron chi connectivity index (χ0n) is 13.8. The first-order valence-corrected chi connectivity index (χ1v) is 7.33. The zero-order chi connectivity index (χ0) is 17.1. The van der Waals surface area contributed by atoms with Gasteiger partial charge in [-0.25, -0.2) is 0 Å². The molecule has 0 aromatic heterocycles. The Morgan fingerprint density at radius 1 is 1.27 bits per heavy atom. The SMILES string of the molecule is CCN(CC)N=C(C)C1(C)C(N)=C(C#N)C(C#N)(C#N)C1C. The summed E-state index contributed by atoms with van der Waals surface area (Å²) in [5.41, 5.74) is 4.93. The highest BCUT2D eigenvalue weighted by molar-refractivity contribution is 5.92. The summed E-state index contributed by atoms with van der Waals surface area (Å²) in [7, 11) is 0. The first-order valence-electron chi connectivity index (χ1n) is 7.33. The van der Waals surface area contributed by atoms with Gasteiger partial charge in [0.05, 0.1) is 29.2 Å². The van der Waals surface area contributed by atoms with Crippen molar-refractivity contribution in [3.63, 3.8) is 0 Å². The minimum absolute atomic E-state index is 0.0570. The molecule has 0 radical (unpaired) electrons. The third kappa shape index (κ3) is 2.11. The highest BCUT2D eigenvalue weighted by atomic mass is 15.4. The van der Waals surface area contributed by atoms with Gasteiger partial charge in [-0.15, -0.1) is 0 Å². The van der Waals surface area contributed by atoms with Crippen LogP contribution in [0.3, 0.4) is 0 Å². The van der Waals surface area contributed by atoms with Gasteiger partial charge in [-0.3, -0.25) is 5.01 Å². The Bertz CT molecular complexity index is 621. The van der Waals surface area contributed by atoms with E-state index in [2.05, 4.69) is 5.10 Å². The molecule has 2 N–H and O–H groups in total. The van der Waals surface area contributed by atoms with Crippen LogP contribution in [0, 0.1) is 50.7 Å². The van der Waals surface area contributed by atoms with Gasteiger partial charge in [-0.1, -0.05) is 6.92 Å². The van der Waals surface area contributed by atoms with Crippen LogP contribution >= 0.6 is 0 Å². The van der Waals surface area contributed by atoms with Gasteiger partial charge in [0.2, 0.25) is 0 Å². The Balaban J connectivity index is 3.56.